The number of hydrogen-bond acceptors (Lipinski definition) is 7. The third-order valence-electron chi connectivity index (χ3n) is 3.02. The van der Waals surface area contributed by atoms with Crippen LogP contribution in [0.4, 0.5) is 0 Å². The SMILES string of the molecule is O=C(OCCOCn1cnc2c(=O)[nH]nnc21)c1ccccc1. The highest BCUT2D eigenvalue weighted by Crippen LogP contribution is 2.03. The molecule has 0 bridgehead atoms. The maximum atomic E-state index is 11.7. The molecular weight excluding hydrogens is 302 g/mol. The standard InChI is InChI=1S/C14H13N5O4/c20-13-11-12(16-18-17-13)19(8-15-11)9-22-6-7-23-14(21)10-4-2-1-3-5-10/h1-5,8H,6-7,9H2,(H,16,17,20). The van der Waals surface area contributed by atoms with Gasteiger partial charge in [-0.2, -0.15) is 0 Å². The van der Waals surface area contributed by atoms with Crippen molar-refractivity contribution in [1.82, 2.24) is 25.0 Å². The van der Waals surface area contributed by atoms with E-state index in [1.165, 1.54) is 10.9 Å². The molecule has 0 amide bonds. The van der Waals surface area contributed by atoms with E-state index in [0.29, 0.717) is 11.2 Å². The Bertz CT molecular complexity index is 858. The van der Waals surface area contributed by atoms with E-state index in [0.717, 1.165) is 0 Å². The normalized spacial score (nSPS) is 10.8. The number of hydrogen-bond donors (Lipinski definition) is 1. The van der Waals surface area contributed by atoms with E-state index >= 15 is 0 Å². The average molecular weight is 315 g/mol. The molecule has 0 fully saturated rings. The maximum absolute atomic E-state index is 11.7. The zero-order valence-electron chi connectivity index (χ0n) is 12.0. The topological polar surface area (TPSA) is 112 Å². The number of aromatic amines is 1. The van der Waals surface area contributed by atoms with Crippen LogP contribution in [0.15, 0.2) is 41.5 Å². The lowest BCUT2D eigenvalue weighted by atomic mass is 10.2. The number of rotatable bonds is 6. The second-order valence-electron chi connectivity index (χ2n) is 4.57. The van der Waals surface area contributed by atoms with Crippen molar-refractivity contribution in [2.75, 3.05) is 13.2 Å². The van der Waals surface area contributed by atoms with Crippen molar-refractivity contribution in [3.63, 3.8) is 0 Å². The Morgan fingerprint density at radius 1 is 1.22 bits per heavy atom. The van der Waals surface area contributed by atoms with Crippen LogP contribution in [0.3, 0.4) is 0 Å². The number of fused-ring (bicyclic) bond motifs is 1. The number of aromatic nitrogens is 5. The van der Waals surface area contributed by atoms with Gasteiger partial charge < -0.3 is 9.47 Å². The number of nitrogens with zero attached hydrogens (tertiary/aromatic N) is 4. The molecule has 23 heavy (non-hydrogen) atoms. The molecule has 3 rings (SSSR count). The number of H-pyrrole nitrogens is 1. The molecule has 0 spiro atoms. The number of nitrogens with one attached hydrogen (secondary N) is 1. The van der Waals surface area contributed by atoms with Crippen LogP contribution in [0.25, 0.3) is 11.2 Å². The molecule has 0 saturated heterocycles. The third-order valence-corrected chi connectivity index (χ3v) is 3.02. The molecule has 3 aromatic rings. The van der Waals surface area contributed by atoms with E-state index in [4.69, 9.17) is 9.47 Å². The summed E-state index contributed by atoms with van der Waals surface area (Å²) in [6, 6.07) is 8.71. The molecule has 0 radical (unpaired) electrons. The summed E-state index contributed by atoms with van der Waals surface area (Å²) >= 11 is 0. The van der Waals surface area contributed by atoms with Crippen molar-refractivity contribution in [1.29, 1.82) is 0 Å². The first kappa shape index (κ1) is 14.9. The monoisotopic (exact) mass is 315 g/mol. The molecule has 0 unspecified atom stereocenters. The van der Waals surface area contributed by atoms with Crippen LogP contribution < -0.4 is 5.56 Å². The Kier molecular flexibility index (Phi) is 4.39. The Labute approximate surface area is 129 Å². The molecule has 1 aromatic carbocycles. The first-order valence-electron chi connectivity index (χ1n) is 6.82. The average Bonchev–Trinajstić information content (AvgIpc) is 3.00. The maximum Gasteiger partial charge on any atom is 0.338 e. The van der Waals surface area contributed by atoms with Gasteiger partial charge in [0, 0.05) is 0 Å². The Morgan fingerprint density at radius 2 is 2.04 bits per heavy atom. The summed E-state index contributed by atoms with van der Waals surface area (Å²) in [7, 11) is 0. The highest BCUT2D eigenvalue weighted by Gasteiger charge is 2.08. The van der Waals surface area contributed by atoms with E-state index in [-0.39, 0.29) is 25.5 Å². The first-order valence-corrected chi connectivity index (χ1v) is 6.82. The second-order valence-corrected chi connectivity index (χ2v) is 4.57. The fourth-order valence-electron chi connectivity index (χ4n) is 1.92. The van der Waals surface area contributed by atoms with Crippen LogP contribution in [-0.4, -0.2) is 44.1 Å². The van der Waals surface area contributed by atoms with Crippen LogP contribution in [0.2, 0.25) is 0 Å². The molecule has 0 aliphatic heterocycles. The molecule has 0 aliphatic rings. The van der Waals surface area contributed by atoms with Gasteiger partial charge in [-0.3, -0.25) is 9.36 Å². The van der Waals surface area contributed by atoms with E-state index in [1.807, 2.05) is 6.07 Å². The molecule has 0 saturated carbocycles. The van der Waals surface area contributed by atoms with Gasteiger partial charge in [-0.15, -0.1) is 5.10 Å². The zero-order valence-corrected chi connectivity index (χ0v) is 12.0. The minimum absolute atomic E-state index is 0.118. The van der Waals surface area contributed by atoms with E-state index < -0.39 is 11.5 Å². The number of carbonyl (C=O) groups is 1. The predicted molar refractivity (Wildman–Crippen MR) is 78.6 cm³/mol. The van der Waals surface area contributed by atoms with Gasteiger partial charge in [-0.25, -0.2) is 14.9 Å². The lowest BCUT2D eigenvalue weighted by Crippen LogP contribution is -2.13. The molecule has 9 nitrogen and oxygen atoms in total. The highest BCUT2D eigenvalue weighted by molar-refractivity contribution is 5.89. The Balaban J connectivity index is 1.47. The summed E-state index contributed by atoms with van der Waals surface area (Å²) < 4.78 is 12.0. The summed E-state index contributed by atoms with van der Waals surface area (Å²) in [5.74, 6) is -0.403. The summed E-state index contributed by atoms with van der Waals surface area (Å²) in [5, 5.41) is 9.47. The number of ether oxygens (including phenoxy) is 2. The largest absolute Gasteiger partial charge is 0.460 e. The van der Waals surface area contributed by atoms with Crippen molar-refractivity contribution in [3.05, 3.63) is 52.6 Å². The number of esters is 1. The van der Waals surface area contributed by atoms with Gasteiger partial charge in [0.05, 0.1) is 18.5 Å². The quantitative estimate of drug-likeness (QED) is 0.516. The highest BCUT2D eigenvalue weighted by atomic mass is 16.6. The van der Waals surface area contributed by atoms with Crippen molar-refractivity contribution in [3.8, 4) is 0 Å². The van der Waals surface area contributed by atoms with Gasteiger partial charge >= 0.3 is 5.97 Å². The lowest BCUT2D eigenvalue weighted by molar-refractivity contribution is 0.0180. The minimum atomic E-state index is -0.412. The van der Waals surface area contributed by atoms with Gasteiger partial charge in [0.1, 0.15) is 13.3 Å². The molecular formula is C14H13N5O4. The van der Waals surface area contributed by atoms with Crippen LogP contribution in [-0.2, 0) is 16.2 Å². The van der Waals surface area contributed by atoms with E-state index in [2.05, 4.69) is 20.4 Å². The van der Waals surface area contributed by atoms with Crippen LogP contribution >= 0.6 is 0 Å². The van der Waals surface area contributed by atoms with Gasteiger partial charge in [-0.1, -0.05) is 23.4 Å². The Hall–Kier alpha value is -3.07. The number of imidazole rings is 1. The lowest BCUT2D eigenvalue weighted by Gasteiger charge is -2.06. The summed E-state index contributed by atoms with van der Waals surface area (Å²) in [5.41, 5.74) is 0.599. The van der Waals surface area contributed by atoms with Crippen LogP contribution in [0.1, 0.15) is 10.4 Å². The zero-order chi connectivity index (χ0) is 16.1. The molecule has 1 N–H and O–H groups in total. The minimum Gasteiger partial charge on any atom is -0.460 e. The third kappa shape index (κ3) is 3.40. The smallest absolute Gasteiger partial charge is 0.338 e. The van der Waals surface area contributed by atoms with Crippen molar-refractivity contribution in [2.24, 2.45) is 0 Å². The summed E-state index contributed by atoms with van der Waals surface area (Å²) in [4.78, 5) is 27.1. The van der Waals surface area contributed by atoms with Crippen molar-refractivity contribution < 1.29 is 14.3 Å². The van der Waals surface area contributed by atoms with Crippen LogP contribution in [0.5, 0.6) is 0 Å². The van der Waals surface area contributed by atoms with Gasteiger partial charge in [0.15, 0.2) is 11.2 Å². The van der Waals surface area contributed by atoms with Gasteiger partial charge in [0.2, 0.25) is 0 Å². The van der Waals surface area contributed by atoms with Crippen molar-refractivity contribution in [2.45, 2.75) is 6.73 Å². The fourth-order valence-corrected chi connectivity index (χ4v) is 1.92. The van der Waals surface area contributed by atoms with Gasteiger partial charge in [0.25, 0.3) is 5.56 Å². The second kappa shape index (κ2) is 6.79. The molecule has 2 heterocycles. The van der Waals surface area contributed by atoms with Crippen LogP contribution in [0, 0.1) is 0 Å². The molecule has 9 heteroatoms. The number of carbonyl (C=O) groups excluding carboxylic acids is 1. The summed E-state index contributed by atoms with van der Waals surface area (Å²) in [6.45, 7) is 0.443. The van der Waals surface area contributed by atoms with Crippen molar-refractivity contribution >= 4 is 17.1 Å². The first-order chi connectivity index (χ1) is 11.3. The molecule has 2 aromatic heterocycles. The summed E-state index contributed by atoms with van der Waals surface area (Å²) in [6.07, 6.45) is 1.44. The Morgan fingerprint density at radius 3 is 2.87 bits per heavy atom. The molecule has 0 atom stereocenters. The van der Waals surface area contributed by atoms with Gasteiger partial charge in [-0.05, 0) is 12.1 Å². The fraction of sp³-hybridized carbons (Fsp3) is 0.214. The van der Waals surface area contributed by atoms with E-state index in [1.54, 1.807) is 24.3 Å². The predicted octanol–water partition coefficient (Wildman–Crippen LogP) is 0.346. The number of benzene rings is 1. The molecule has 118 valence electrons. The molecule has 0 aliphatic carbocycles. The van der Waals surface area contributed by atoms with E-state index in [9.17, 15) is 9.59 Å².